The number of carboxylic acids is 2. The third-order valence-electron chi connectivity index (χ3n) is 5.17. The monoisotopic (exact) mass is 486 g/mol. The second kappa shape index (κ2) is 13.1. The van der Waals surface area contributed by atoms with Crippen molar-refractivity contribution in [2.75, 3.05) is 6.54 Å². The molecule has 1 saturated heterocycles. The number of carboxylic acid groups (broad SMARTS) is 2. The summed E-state index contributed by atoms with van der Waals surface area (Å²) in [6.45, 7) is 0.0678. The summed E-state index contributed by atoms with van der Waals surface area (Å²) in [5.74, 6) is -6.93. The summed E-state index contributed by atoms with van der Waals surface area (Å²) >= 11 is 0. The highest BCUT2D eigenvalue weighted by atomic mass is 16.4. The summed E-state index contributed by atoms with van der Waals surface area (Å²) in [5, 5.41) is 23.0. The molecular formula is C19H30N6O9. The normalized spacial score (nSPS) is 17.8. The molecule has 0 aromatic rings. The molecule has 0 aromatic heterocycles. The van der Waals surface area contributed by atoms with Gasteiger partial charge in [0.2, 0.25) is 29.5 Å². The predicted octanol–water partition coefficient (Wildman–Crippen LogP) is -3.64. The first-order chi connectivity index (χ1) is 15.8. The zero-order valence-corrected chi connectivity index (χ0v) is 18.4. The van der Waals surface area contributed by atoms with Gasteiger partial charge < -0.3 is 42.9 Å². The first-order valence-electron chi connectivity index (χ1n) is 10.5. The number of amides is 5. The van der Waals surface area contributed by atoms with Crippen LogP contribution in [0.1, 0.15) is 44.9 Å². The Morgan fingerprint density at radius 3 is 1.97 bits per heavy atom. The molecule has 0 bridgehead atoms. The fraction of sp³-hybridized carbons (Fsp3) is 0.632. The second-order valence-corrected chi connectivity index (χ2v) is 7.86. The van der Waals surface area contributed by atoms with Crippen molar-refractivity contribution >= 4 is 41.5 Å². The van der Waals surface area contributed by atoms with Gasteiger partial charge in [-0.3, -0.25) is 28.8 Å². The molecule has 1 aliphatic rings. The van der Waals surface area contributed by atoms with Crippen molar-refractivity contribution in [3.8, 4) is 0 Å². The fourth-order valence-electron chi connectivity index (χ4n) is 3.40. The van der Waals surface area contributed by atoms with Crippen LogP contribution in [-0.4, -0.2) is 87.3 Å². The molecule has 0 radical (unpaired) electrons. The van der Waals surface area contributed by atoms with Gasteiger partial charge in [0.25, 0.3) is 0 Å². The van der Waals surface area contributed by atoms with Crippen molar-refractivity contribution in [3.63, 3.8) is 0 Å². The Bertz CT molecular complexity index is 833. The lowest BCUT2D eigenvalue weighted by atomic mass is 10.1. The van der Waals surface area contributed by atoms with E-state index in [0.717, 1.165) is 4.90 Å². The first-order valence-corrected chi connectivity index (χ1v) is 10.5. The number of carbonyl (C=O) groups is 7. The molecule has 5 amide bonds. The standard InChI is InChI=1S/C19H30N6O9/c20-9(3-5-13(21)26)16(30)23-10(4-6-14(22)27)17(31)24-11(8-15(28)29)18(32)25-7-1-2-12(25)19(33)34/h9-12H,1-8,20H2,(H2,21,26)(H2,22,27)(H,23,30)(H,24,31)(H,28,29)(H,33,34). The van der Waals surface area contributed by atoms with E-state index in [2.05, 4.69) is 10.6 Å². The predicted molar refractivity (Wildman–Crippen MR) is 113 cm³/mol. The second-order valence-electron chi connectivity index (χ2n) is 7.86. The highest BCUT2D eigenvalue weighted by Crippen LogP contribution is 2.19. The van der Waals surface area contributed by atoms with Crippen LogP contribution >= 0.6 is 0 Å². The van der Waals surface area contributed by atoms with Crippen molar-refractivity contribution in [2.45, 2.75) is 69.1 Å². The van der Waals surface area contributed by atoms with Gasteiger partial charge in [-0.15, -0.1) is 0 Å². The van der Waals surface area contributed by atoms with Crippen LogP contribution in [0.25, 0.3) is 0 Å². The minimum atomic E-state index is -1.62. The number of hydrogen-bond donors (Lipinski definition) is 7. The molecule has 1 aliphatic heterocycles. The van der Waals surface area contributed by atoms with Gasteiger partial charge >= 0.3 is 11.9 Å². The Hall–Kier alpha value is -3.75. The molecule has 10 N–H and O–H groups in total. The van der Waals surface area contributed by atoms with Crippen LogP contribution in [0.15, 0.2) is 0 Å². The first kappa shape index (κ1) is 28.3. The lowest BCUT2D eigenvalue weighted by molar-refractivity contribution is -0.150. The van der Waals surface area contributed by atoms with E-state index in [1.54, 1.807) is 0 Å². The van der Waals surface area contributed by atoms with Crippen LogP contribution in [0.2, 0.25) is 0 Å². The number of nitrogens with zero attached hydrogens (tertiary/aromatic N) is 1. The fourth-order valence-corrected chi connectivity index (χ4v) is 3.40. The molecule has 0 aliphatic carbocycles. The van der Waals surface area contributed by atoms with Gasteiger partial charge in [-0.05, 0) is 25.7 Å². The molecule has 1 heterocycles. The summed E-state index contributed by atoms with van der Waals surface area (Å²) in [6.07, 6.45) is -1.21. The molecule has 1 fully saturated rings. The van der Waals surface area contributed by atoms with E-state index in [9.17, 15) is 43.8 Å². The van der Waals surface area contributed by atoms with Gasteiger partial charge in [0.15, 0.2) is 0 Å². The summed E-state index contributed by atoms with van der Waals surface area (Å²) in [7, 11) is 0. The highest BCUT2D eigenvalue weighted by Gasteiger charge is 2.39. The number of primary amides is 2. The van der Waals surface area contributed by atoms with E-state index in [0.29, 0.717) is 6.42 Å². The van der Waals surface area contributed by atoms with Gasteiger partial charge in [0.05, 0.1) is 12.5 Å². The van der Waals surface area contributed by atoms with Crippen LogP contribution in [0.5, 0.6) is 0 Å². The number of nitrogens with one attached hydrogen (secondary N) is 2. The summed E-state index contributed by atoms with van der Waals surface area (Å²) < 4.78 is 0. The minimum absolute atomic E-state index is 0.0678. The Labute approximate surface area is 194 Å². The number of aliphatic carboxylic acids is 2. The SMILES string of the molecule is NC(=O)CCC(N)C(=O)NC(CCC(N)=O)C(=O)NC(CC(=O)O)C(=O)N1CCCC1C(=O)O. The van der Waals surface area contributed by atoms with Gasteiger partial charge in [-0.2, -0.15) is 0 Å². The molecule has 34 heavy (non-hydrogen) atoms. The molecule has 4 unspecified atom stereocenters. The number of rotatable bonds is 14. The summed E-state index contributed by atoms with van der Waals surface area (Å²) in [4.78, 5) is 83.7. The molecule has 15 heteroatoms. The van der Waals surface area contributed by atoms with Crippen LogP contribution in [0, 0.1) is 0 Å². The zero-order valence-electron chi connectivity index (χ0n) is 18.4. The van der Waals surface area contributed by atoms with Crippen LogP contribution in [-0.2, 0) is 33.6 Å². The lowest BCUT2D eigenvalue weighted by Crippen LogP contribution is -2.57. The Morgan fingerprint density at radius 2 is 1.44 bits per heavy atom. The molecule has 0 spiro atoms. The maximum Gasteiger partial charge on any atom is 0.326 e. The zero-order chi connectivity index (χ0) is 26.0. The van der Waals surface area contributed by atoms with Crippen LogP contribution in [0.4, 0.5) is 0 Å². The van der Waals surface area contributed by atoms with E-state index < -0.39 is 72.1 Å². The molecule has 1 rings (SSSR count). The maximum absolute atomic E-state index is 12.9. The third-order valence-corrected chi connectivity index (χ3v) is 5.17. The molecule has 0 saturated carbocycles. The summed E-state index contributed by atoms with van der Waals surface area (Å²) in [5.41, 5.74) is 15.8. The van der Waals surface area contributed by atoms with Crippen molar-refractivity contribution in [3.05, 3.63) is 0 Å². The van der Waals surface area contributed by atoms with Crippen molar-refractivity contribution in [2.24, 2.45) is 17.2 Å². The Morgan fingerprint density at radius 1 is 0.882 bits per heavy atom. The summed E-state index contributed by atoms with van der Waals surface area (Å²) in [6, 6.07) is -5.41. The molecule has 4 atom stereocenters. The maximum atomic E-state index is 12.9. The average Bonchev–Trinajstić information content (AvgIpc) is 3.23. The Kier molecular flexibility index (Phi) is 10.9. The lowest BCUT2D eigenvalue weighted by Gasteiger charge is -2.28. The molecular weight excluding hydrogens is 456 g/mol. The van der Waals surface area contributed by atoms with Gasteiger partial charge in [0, 0.05) is 19.4 Å². The van der Waals surface area contributed by atoms with Gasteiger partial charge in [0.1, 0.15) is 18.1 Å². The number of nitrogens with two attached hydrogens (primary N) is 3. The van der Waals surface area contributed by atoms with E-state index in [-0.39, 0.29) is 38.6 Å². The Balaban J connectivity index is 3.00. The van der Waals surface area contributed by atoms with Crippen molar-refractivity contribution in [1.82, 2.24) is 15.5 Å². The molecule has 0 aromatic carbocycles. The van der Waals surface area contributed by atoms with E-state index in [4.69, 9.17) is 17.2 Å². The van der Waals surface area contributed by atoms with Crippen molar-refractivity contribution < 1.29 is 43.8 Å². The smallest absolute Gasteiger partial charge is 0.326 e. The molecule has 190 valence electrons. The van der Waals surface area contributed by atoms with Crippen molar-refractivity contribution in [1.29, 1.82) is 0 Å². The number of hydrogen-bond acceptors (Lipinski definition) is 8. The van der Waals surface area contributed by atoms with Crippen LogP contribution in [0.3, 0.4) is 0 Å². The van der Waals surface area contributed by atoms with E-state index >= 15 is 0 Å². The average molecular weight is 486 g/mol. The van der Waals surface area contributed by atoms with Crippen LogP contribution < -0.4 is 27.8 Å². The number of carbonyl (C=O) groups excluding carboxylic acids is 5. The number of likely N-dealkylation sites (tertiary alicyclic amines) is 1. The highest BCUT2D eigenvalue weighted by molar-refractivity contribution is 5.96. The third kappa shape index (κ3) is 9.01. The van der Waals surface area contributed by atoms with E-state index in [1.807, 2.05) is 0 Å². The minimum Gasteiger partial charge on any atom is -0.481 e. The largest absolute Gasteiger partial charge is 0.481 e. The topological polar surface area (TPSA) is 265 Å². The van der Waals surface area contributed by atoms with Gasteiger partial charge in [-0.1, -0.05) is 0 Å². The van der Waals surface area contributed by atoms with E-state index in [1.165, 1.54) is 0 Å². The quantitative estimate of drug-likeness (QED) is 0.126. The molecule has 15 nitrogen and oxygen atoms in total. The van der Waals surface area contributed by atoms with Gasteiger partial charge in [-0.25, -0.2) is 4.79 Å².